The number of hydrogen-bond donors (Lipinski definition) is 0. The van der Waals surface area contributed by atoms with Crippen molar-refractivity contribution in [1.82, 2.24) is 0 Å². The Bertz CT molecular complexity index is 200. The second kappa shape index (κ2) is 3.46. The zero-order chi connectivity index (χ0) is 10.4. The van der Waals surface area contributed by atoms with E-state index in [1.165, 1.54) is 25.2 Å². The average molecular weight is 216 g/mol. The molecule has 1 atom stereocenters. The third-order valence-electron chi connectivity index (χ3n) is 4.98. The molecule has 0 aromatic rings. The molecule has 3 aliphatic rings. The van der Waals surface area contributed by atoms with Gasteiger partial charge < -0.3 is 0 Å². The molecule has 1 nitrogen and oxygen atoms in total. The van der Waals surface area contributed by atoms with Crippen molar-refractivity contribution in [1.29, 1.82) is 0 Å². The molecule has 3 aliphatic heterocycles. The standard InChI is InChI=1S/C12H25OP/c1-10(2)11(3)12-5-7-14(4,8-6-12)13-9-12/h10-11,14H,5-9H2,1-4H3. The van der Waals surface area contributed by atoms with Crippen LogP contribution in [0.15, 0.2) is 0 Å². The predicted octanol–water partition coefficient (Wildman–Crippen LogP) is 3.38. The van der Waals surface area contributed by atoms with Gasteiger partial charge in [0.15, 0.2) is 0 Å². The molecule has 2 heteroatoms. The molecule has 0 aliphatic carbocycles. The third-order valence-corrected chi connectivity index (χ3v) is 8.43. The molecule has 0 saturated carbocycles. The zero-order valence-electron chi connectivity index (χ0n) is 10.1. The van der Waals surface area contributed by atoms with Gasteiger partial charge >= 0.3 is 88.5 Å². The van der Waals surface area contributed by atoms with Crippen molar-refractivity contribution in [2.75, 3.05) is 25.6 Å². The van der Waals surface area contributed by atoms with Gasteiger partial charge in [0.1, 0.15) is 0 Å². The van der Waals surface area contributed by atoms with Gasteiger partial charge in [-0.1, -0.05) is 0 Å². The summed E-state index contributed by atoms with van der Waals surface area (Å²) in [6.07, 6.45) is 5.75. The molecule has 0 radical (unpaired) electrons. The molecule has 3 heterocycles. The Labute approximate surface area is 89.0 Å². The Morgan fingerprint density at radius 1 is 1.14 bits per heavy atom. The maximum atomic E-state index is 6.18. The van der Waals surface area contributed by atoms with E-state index in [2.05, 4.69) is 27.4 Å². The molecule has 14 heavy (non-hydrogen) atoms. The van der Waals surface area contributed by atoms with Crippen molar-refractivity contribution in [3.05, 3.63) is 0 Å². The molecule has 0 amide bonds. The van der Waals surface area contributed by atoms with Crippen LogP contribution in [0.4, 0.5) is 0 Å². The van der Waals surface area contributed by atoms with Crippen molar-refractivity contribution in [2.24, 2.45) is 17.3 Å². The van der Waals surface area contributed by atoms with E-state index in [0.717, 1.165) is 18.4 Å². The van der Waals surface area contributed by atoms with Gasteiger partial charge in [0, 0.05) is 0 Å². The van der Waals surface area contributed by atoms with E-state index in [0.29, 0.717) is 5.41 Å². The fourth-order valence-corrected chi connectivity index (χ4v) is 6.41. The van der Waals surface area contributed by atoms with Crippen LogP contribution in [0.3, 0.4) is 0 Å². The average Bonchev–Trinajstić information content (AvgIpc) is 2.18. The van der Waals surface area contributed by atoms with Crippen LogP contribution in [0.5, 0.6) is 0 Å². The first-order valence-electron chi connectivity index (χ1n) is 6.11. The first-order valence-corrected chi connectivity index (χ1v) is 8.94. The van der Waals surface area contributed by atoms with Crippen molar-refractivity contribution >= 4 is 7.49 Å². The summed E-state index contributed by atoms with van der Waals surface area (Å²) in [6.45, 7) is 10.7. The molecule has 0 N–H and O–H groups in total. The van der Waals surface area contributed by atoms with Crippen LogP contribution in [0.1, 0.15) is 33.6 Å². The fourth-order valence-electron chi connectivity index (χ4n) is 3.18. The van der Waals surface area contributed by atoms with E-state index < -0.39 is 7.49 Å². The van der Waals surface area contributed by atoms with Crippen LogP contribution in [-0.2, 0) is 4.52 Å². The Kier molecular flexibility index (Phi) is 2.69. The van der Waals surface area contributed by atoms with E-state index >= 15 is 0 Å². The topological polar surface area (TPSA) is 9.23 Å². The Morgan fingerprint density at radius 2 is 1.71 bits per heavy atom. The molecule has 3 saturated heterocycles. The van der Waals surface area contributed by atoms with Gasteiger partial charge in [-0.3, -0.25) is 0 Å². The normalized spacial score (nSPS) is 39.8. The number of rotatable bonds is 2. The van der Waals surface area contributed by atoms with Crippen LogP contribution < -0.4 is 0 Å². The van der Waals surface area contributed by atoms with Gasteiger partial charge in [0.2, 0.25) is 0 Å². The molecule has 3 rings (SSSR count). The molecule has 2 bridgehead atoms. The summed E-state index contributed by atoms with van der Waals surface area (Å²) in [7, 11) is -1.17. The summed E-state index contributed by atoms with van der Waals surface area (Å²) in [5.41, 5.74) is 0.554. The van der Waals surface area contributed by atoms with Gasteiger partial charge in [0.05, 0.1) is 0 Å². The Morgan fingerprint density at radius 3 is 2.07 bits per heavy atom. The summed E-state index contributed by atoms with van der Waals surface area (Å²) >= 11 is 0. The first kappa shape index (κ1) is 10.9. The Hall–Kier alpha value is 0.390. The van der Waals surface area contributed by atoms with Gasteiger partial charge in [-0.25, -0.2) is 0 Å². The van der Waals surface area contributed by atoms with Gasteiger partial charge in [-0.15, -0.1) is 0 Å². The molecular formula is C12H25OP. The van der Waals surface area contributed by atoms with Crippen LogP contribution in [0.2, 0.25) is 0 Å². The minimum absolute atomic E-state index is 0.554. The summed E-state index contributed by atoms with van der Waals surface area (Å²) in [4.78, 5) is 0. The summed E-state index contributed by atoms with van der Waals surface area (Å²) in [5, 5.41) is 0. The Balaban J connectivity index is 2.12. The van der Waals surface area contributed by atoms with E-state index in [1.54, 1.807) is 0 Å². The molecule has 3 fully saturated rings. The molecular weight excluding hydrogens is 191 g/mol. The van der Waals surface area contributed by atoms with Gasteiger partial charge in [0.25, 0.3) is 0 Å². The predicted molar refractivity (Wildman–Crippen MR) is 65.6 cm³/mol. The molecule has 0 aromatic carbocycles. The molecule has 0 spiro atoms. The summed E-state index contributed by atoms with van der Waals surface area (Å²) in [5.74, 6) is 1.64. The van der Waals surface area contributed by atoms with Crippen LogP contribution in [-0.4, -0.2) is 25.6 Å². The third kappa shape index (κ3) is 1.63. The molecule has 1 unspecified atom stereocenters. The van der Waals surface area contributed by atoms with Crippen LogP contribution >= 0.6 is 7.49 Å². The SMILES string of the molecule is CC(C)C(C)C12CC[PH](C)(CC1)OC2. The van der Waals surface area contributed by atoms with E-state index in [4.69, 9.17) is 4.52 Å². The molecule has 0 aromatic heterocycles. The number of hydrogen-bond acceptors (Lipinski definition) is 1. The van der Waals surface area contributed by atoms with E-state index in [1.807, 2.05) is 0 Å². The fraction of sp³-hybridized carbons (Fsp3) is 1.00. The summed E-state index contributed by atoms with van der Waals surface area (Å²) in [6, 6.07) is 0. The van der Waals surface area contributed by atoms with Crippen molar-refractivity contribution < 1.29 is 4.52 Å². The monoisotopic (exact) mass is 216 g/mol. The maximum absolute atomic E-state index is 6.18. The first-order chi connectivity index (χ1) is 6.48. The van der Waals surface area contributed by atoms with Gasteiger partial charge in [-0.2, -0.15) is 0 Å². The van der Waals surface area contributed by atoms with Crippen LogP contribution in [0.25, 0.3) is 0 Å². The minimum atomic E-state index is -1.17. The number of fused-ring (bicyclic) bond motifs is 3. The van der Waals surface area contributed by atoms with E-state index in [-0.39, 0.29) is 0 Å². The zero-order valence-corrected chi connectivity index (χ0v) is 11.1. The molecule has 84 valence electrons. The van der Waals surface area contributed by atoms with Crippen molar-refractivity contribution in [2.45, 2.75) is 33.6 Å². The summed E-state index contributed by atoms with van der Waals surface area (Å²) < 4.78 is 6.18. The second-order valence-corrected chi connectivity index (χ2v) is 10.3. The second-order valence-electron chi connectivity index (χ2n) is 6.13. The van der Waals surface area contributed by atoms with Crippen molar-refractivity contribution in [3.8, 4) is 0 Å². The van der Waals surface area contributed by atoms with E-state index in [9.17, 15) is 0 Å². The quantitative estimate of drug-likeness (QED) is 0.643. The van der Waals surface area contributed by atoms with Crippen LogP contribution in [0, 0.1) is 17.3 Å². The van der Waals surface area contributed by atoms with Crippen molar-refractivity contribution in [3.63, 3.8) is 0 Å². The van der Waals surface area contributed by atoms with Gasteiger partial charge in [-0.05, 0) is 0 Å².